The Morgan fingerprint density at radius 3 is 2.66 bits per heavy atom. The molecule has 7 heteroatoms. The standard InChI is InChI=1S/C22H16N4O3/c23-10-13-26-20(24-19-9-2-1-8-18(19)21(26)27)15-29-22(28)16-6-5-7-17(14-16)25-11-3-4-12-25/h1-9,11-12,14H,13,15H2. The van der Waals surface area contributed by atoms with Crippen molar-refractivity contribution in [3.05, 3.63) is 94.8 Å². The highest BCUT2D eigenvalue weighted by molar-refractivity contribution is 5.90. The van der Waals surface area contributed by atoms with Crippen LogP contribution in [0.1, 0.15) is 16.2 Å². The maximum absolute atomic E-state index is 12.7. The number of aromatic nitrogens is 3. The molecule has 0 fully saturated rings. The SMILES string of the molecule is N#CCn1c(COC(=O)c2cccc(-n3cccc3)c2)nc2ccccc2c1=O. The highest BCUT2D eigenvalue weighted by Crippen LogP contribution is 2.13. The molecule has 2 aromatic heterocycles. The van der Waals surface area contributed by atoms with Crippen molar-refractivity contribution in [1.29, 1.82) is 5.26 Å². The van der Waals surface area contributed by atoms with Gasteiger partial charge in [-0.1, -0.05) is 18.2 Å². The number of carbonyl (C=O) groups excluding carboxylic acids is 1. The topological polar surface area (TPSA) is 89.9 Å². The number of esters is 1. The Balaban J connectivity index is 1.61. The number of nitrogens with zero attached hydrogens (tertiary/aromatic N) is 4. The van der Waals surface area contributed by atoms with Gasteiger partial charge in [0.15, 0.2) is 5.82 Å². The van der Waals surface area contributed by atoms with Crippen LogP contribution in [-0.2, 0) is 17.9 Å². The lowest BCUT2D eigenvalue weighted by Gasteiger charge is -2.12. The third-order valence-electron chi connectivity index (χ3n) is 4.49. The second-order valence-electron chi connectivity index (χ2n) is 6.31. The van der Waals surface area contributed by atoms with E-state index in [1.54, 1.807) is 42.5 Å². The van der Waals surface area contributed by atoms with Crippen LogP contribution in [0.5, 0.6) is 0 Å². The Labute approximate surface area is 166 Å². The summed E-state index contributed by atoms with van der Waals surface area (Å²) in [5.74, 6) is -0.310. The van der Waals surface area contributed by atoms with Gasteiger partial charge in [-0.3, -0.25) is 9.36 Å². The number of ether oxygens (including phenoxy) is 1. The van der Waals surface area contributed by atoms with Crippen molar-refractivity contribution < 1.29 is 9.53 Å². The van der Waals surface area contributed by atoms with Gasteiger partial charge in [-0.15, -0.1) is 0 Å². The third kappa shape index (κ3) is 3.64. The molecule has 0 N–H and O–H groups in total. The zero-order chi connectivity index (χ0) is 20.2. The average molecular weight is 384 g/mol. The predicted octanol–water partition coefficient (Wildman–Crippen LogP) is 3.07. The van der Waals surface area contributed by atoms with Crippen LogP contribution in [0.25, 0.3) is 16.6 Å². The summed E-state index contributed by atoms with van der Waals surface area (Å²) in [5, 5.41) is 9.48. The predicted molar refractivity (Wildman–Crippen MR) is 107 cm³/mol. The lowest BCUT2D eigenvalue weighted by molar-refractivity contribution is 0.0457. The van der Waals surface area contributed by atoms with E-state index >= 15 is 0 Å². The molecule has 0 aliphatic carbocycles. The van der Waals surface area contributed by atoms with Crippen LogP contribution in [0, 0.1) is 11.3 Å². The van der Waals surface area contributed by atoms with E-state index in [2.05, 4.69) is 4.98 Å². The largest absolute Gasteiger partial charge is 0.454 e. The first kappa shape index (κ1) is 18.2. The van der Waals surface area contributed by atoms with Gasteiger partial charge in [0.1, 0.15) is 13.2 Å². The van der Waals surface area contributed by atoms with Crippen LogP contribution in [-0.4, -0.2) is 20.1 Å². The summed E-state index contributed by atoms with van der Waals surface area (Å²) >= 11 is 0. The Morgan fingerprint density at radius 2 is 1.86 bits per heavy atom. The number of rotatable bonds is 5. The second kappa shape index (κ2) is 7.82. The summed E-state index contributed by atoms with van der Waals surface area (Å²) in [6, 6.07) is 19.6. The molecule has 0 saturated heterocycles. The number of para-hydroxylation sites is 1. The number of hydrogen-bond donors (Lipinski definition) is 0. The summed E-state index contributed by atoms with van der Waals surface area (Å²) in [4.78, 5) is 29.6. The number of nitriles is 1. The van der Waals surface area contributed by atoms with Gasteiger partial charge in [-0.05, 0) is 42.5 Å². The molecule has 4 aromatic rings. The Kier molecular flexibility index (Phi) is 4.91. The van der Waals surface area contributed by atoms with Crippen LogP contribution >= 0.6 is 0 Å². The van der Waals surface area contributed by atoms with Gasteiger partial charge in [0.05, 0.1) is 22.5 Å². The van der Waals surface area contributed by atoms with Crippen molar-refractivity contribution in [3.8, 4) is 11.8 Å². The lowest BCUT2D eigenvalue weighted by Crippen LogP contribution is -2.26. The molecule has 0 amide bonds. The molecule has 2 heterocycles. The summed E-state index contributed by atoms with van der Waals surface area (Å²) in [5.41, 5.74) is 1.37. The molecular formula is C22H16N4O3. The van der Waals surface area contributed by atoms with Crippen LogP contribution in [0.4, 0.5) is 0 Å². The Bertz CT molecular complexity index is 1280. The normalized spacial score (nSPS) is 10.6. The summed E-state index contributed by atoms with van der Waals surface area (Å²) in [6.45, 7) is -0.388. The number of fused-ring (bicyclic) bond motifs is 1. The van der Waals surface area contributed by atoms with Crippen LogP contribution in [0.15, 0.2) is 77.9 Å². The minimum atomic E-state index is -0.537. The van der Waals surface area contributed by atoms with E-state index in [-0.39, 0.29) is 24.5 Å². The van der Waals surface area contributed by atoms with Crippen LogP contribution in [0.3, 0.4) is 0 Å². The molecule has 0 aliphatic heterocycles. The van der Waals surface area contributed by atoms with E-state index in [1.165, 1.54) is 4.57 Å². The van der Waals surface area contributed by atoms with Crippen LogP contribution < -0.4 is 5.56 Å². The smallest absolute Gasteiger partial charge is 0.338 e. The Morgan fingerprint density at radius 1 is 1.07 bits per heavy atom. The minimum absolute atomic E-state index is 0.174. The molecule has 0 bridgehead atoms. The lowest BCUT2D eigenvalue weighted by atomic mass is 10.2. The number of benzene rings is 2. The van der Waals surface area contributed by atoms with E-state index in [9.17, 15) is 9.59 Å². The molecule has 29 heavy (non-hydrogen) atoms. The fourth-order valence-electron chi connectivity index (χ4n) is 3.07. The van der Waals surface area contributed by atoms with E-state index in [0.717, 1.165) is 5.69 Å². The van der Waals surface area contributed by atoms with Crippen molar-refractivity contribution >= 4 is 16.9 Å². The van der Waals surface area contributed by atoms with E-state index in [4.69, 9.17) is 10.00 Å². The molecule has 0 saturated carbocycles. The summed E-state index contributed by atoms with van der Waals surface area (Å²) in [6.07, 6.45) is 3.76. The third-order valence-corrected chi connectivity index (χ3v) is 4.49. The van der Waals surface area contributed by atoms with Gasteiger partial charge in [0.25, 0.3) is 5.56 Å². The molecule has 0 radical (unpaired) electrons. The van der Waals surface area contributed by atoms with Gasteiger partial charge in [0.2, 0.25) is 0 Å². The fraction of sp³-hybridized carbons (Fsp3) is 0.0909. The Hall–Kier alpha value is -4.18. The monoisotopic (exact) mass is 384 g/mol. The molecule has 2 aromatic carbocycles. The number of carbonyl (C=O) groups is 1. The zero-order valence-corrected chi connectivity index (χ0v) is 15.4. The fourth-order valence-corrected chi connectivity index (χ4v) is 3.07. The maximum Gasteiger partial charge on any atom is 0.338 e. The highest BCUT2D eigenvalue weighted by atomic mass is 16.5. The van der Waals surface area contributed by atoms with Crippen molar-refractivity contribution in [3.63, 3.8) is 0 Å². The summed E-state index contributed by atoms with van der Waals surface area (Å²) < 4.78 is 8.51. The first-order chi connectivity index (χ1) is 14.2. The van der Waals surface area contributed by atoms with Gasteiger partial charge in [-0.2, -0.15) is 5.26 Å². The molecule has 0 atom stereocenters. The molecule has 4 rings (SSSR count). The molecule has 0 spiro atoms. The van der Waals surface area contributed by atoms with Gasteiger partial charge < -0.3 is 9.30 Å². The minimum Gasteiger partial charge on any atom is -0.454 e. The van der Waals surface area contributed by atoms with Gasteiger partial charge >= 0.3 is 5.97 Å². The van der Waals surface area contributed by atoms with Crippen molar-refractivity contribution in [2.75, 3.05) is 0 Å². The van der Waals surface area contributed by atoms with E-state index < -0.39 is 5.97 Å². The van der Waals surface area contributed by atoms with Gasteiger partial charge in [0, 0.05) is 18.1 Å². The molecule has 0 unspecified atom stereocenters. The highest BCUT2D eigenvalue weighted by Gasteiger charge is 2.14. The van der Waals surface area contributed by atoms with Crippen molar-refractivity contribution in [2.45, 2.75) is 13.2 Å². The average Bonchev–Trinajstić information content (AvgIpc) is 3.29. The van der Waals surface area contributed by atoms with E-state index in [1.807, 2.05) is 41.2 Å². The van der Waals surface area contributed by atoms with E-state index in [0.29, 0.717) is 16.5 Å². The molecular weight excluding hydrogens is 368 g/mol. The van der Waals surface area contributed by atoms with Crippen LogP contribution in [0.2, 0.25) is 0 Å². The zero-order valence-electron chi connectivity index (χ0n) is 15.4. The second-order valence-corrected chi connectivity index (χ2v) is 6.31. The molecule has 0 aliphatic rings. The first-order valence-electron chi connectivity index (χ1n) is 8.93. The quantitative estimate of drug-likeness (QED) is 0.493. The summed E-state index contributed by atoms with van der Waals surface area (Å²) in [7, 11) is 0. The van der Waals surface area contributed by atoms with Gasteiger partial charge in [-0.25, -0.2) is 9.78 Å². The first-order valence-corrected chi connectivity index (χ1v) is 8.93. The molecule has 7 nitrogen and oxygen atoms in total. The number of hydrogen-bond acceptors (Lipinski definition) is 5. The molecule has 142 valence electrons. The van der Waals surface area contributed by atoms with Crippen molar-refractivity contribution in [1.82, 2.24) is 14.1 Å². The van der Waals surface area contributed by atoms with Crippen molar-refractivity contribution in [2.24, 2.45) is 0 Å². The maximum atomic E-state index is 12.7.